The van der Waals surface area contributed by atoms with Gasteiger partial charge in [0.1, 0.15) is 6.54 Å². The van der Waals surface area contributed by atoms with Crippen LogP contribution in [0.2, 0.25) is 0 Å². The van der Waals surface area contributed by atoms with Gasteiger partial charge in [-0.25, -0.2) is 0 Å². The first-order valence-electron chi connectivity index (χ1n) is 4.08. The van der Waals surface area contributed by atoms with Crippen molar-refractivity contribution in [2.45, 2.75) is 24.6 Å². The SMILES string of the molecule is Nc1cnn(CC(F)(F)C(F)(F)C(F)(F)F)c1. The van der Waals surface area contributed by atoms with Gasteiger partial charge in [0.15, 0.2) is 0 Å². The van der Waals surface area contributed by atoms with Gasteiger partial charge in [-0.05, 0) is 0 Å². The van der Waals surface area contributed by atoms with Gasteiger partial charge in [0, 0.05) is 6.20 Å². The number of hydrogen-bond acceptors (Lipinski definition) is 2. The molecule has 0 atom stereocenters. The minimum Gasteiger partial charge on any atom is -0.396 e. The molecule has 0 saturated carbocycles. The molecule has 0 radical (unpaired) electrons. The molecule has 17 heavy (non-hydrogen) atoms. The molecule has 1 aromatic rings. The van der Waals surface area contributed by atoms with E-state index in [1.807, 2.05) is 0 Å². The number of halogens is 7. The first-order chi connectivity index (χ1) is 7.47. The molecule has 0 aliphatic carbocycles. The zero-order valence-corrected chi connectivity index (χ0v) is 7.98. The van der Waals surface area contributed by atoms with E-state index in [1.165, 1.54) is 0 Å². The van der Waals surface area contributed by atoms with Crippen molar-refractivity contribution in [3.8, 4) is 0 Å². The van der Waals surface area contributed by atoms with E-state index in [4.69, 9.17) is 5.73 Å². The van der Waals surface area contributed by atoms with Crippen molar-refractivity contribution in [2.75, 3.05) is 5.73 Å². The van der Waals surface area contributed by atoms with E-state index >= 15 is 0 Å². The second-order valence-corrected chi connectivity index (χ2v) is 3.25. The molecule has 0 amide bonds. The van der Waals surface area contributed by atoms with Crippen LogP contribution in [0.3, 0.4) is 0 Å². The lowest BCUT2D eigenvalue weighted by molar-refractivity contribution is -0.357. The number of nitrogen functional groups attached to an aromatic ring is 1. The second kappa shape index (κ2) is 3.77. The summed E-state index contributed by atoms with van der Waals surface area (Å²) in [6, 6.07) is 0. The predicted octanol–water partition coefficient (Wildman–Crippen LogP) is 2.30. The summed E-state index contributed by atoms with van der Waals surface area (Å²) < 4.78 is 86.0. The fraction of sp³-hybridized carbons (Fsp3) is 0.571. The van der Waals surface area contributed by atoms with Crippen molar-refractivity contribution in [1.82, 2.24) is 9.78 Å². The van der Waals surface area contributed by atoms with Gasteiger partial charge < -0.3 is 5.73 Å². The van der Waals surface area contributed by atoms with Crippen LogP contribution in [-0.4, -0.2) is 27.8 Å². The molecule has 0 unspecified atom stereocenters. The summed E-state index contributed by atoms with van der Waals surface area (Å²) >= 11 is 0. The molecule has 10 heteroatoms. The van der Waals surface area contributed by atoms with Gasteiger partial charge in [0.25, 0.3) is 0 Å². The van der Waals surface area contributed by atoms with Crippen LogP contribution in [0.25, 0.3) is 0 Å². The molecule has 1 aromatic heterocycles. The van der Waals surface area contributed by atoms with Crippen LogP contribution in [0.5, 0.6) is 0 Å². The van der Waals surface area contributed by atoms with Crippen LogP contribution in [0, 0.1) is 0 Å². The van der Waals surface area contributed by atoms with E-state index in [9.17, 15) is 30.7 Å². The number of nitrogens with zero attached hydrogens (tertiary/aromatic N) is 2. The van der Waals surface area contributed by atoms with Crippen LogP contribution >= 0.6 is 0 Å². The Morgan fingerprint density at radius 2 is 1.65 bits per heavy atom. The third-order valence-corrected chi connectivity index (χ3v) is 1.83. The quantitative estimate of drug-likeness (QED) is 0.852. The highest BCUT2D eigenvalue weighted by atomic mass is 19.4. The minimum absolute atomic E-state index is 0.129. The van der Waals surface area contributed by atoms with Crippen molar-refractivity contribution in [3.05, 3.63) is 12.4 Å². The first kappa shape index (κ1) is 13.6. The lowest BCUT2D eigenvalue weighted by Crippen LogP contribution is -2.53. The number of hydrogen-bond donors (Lipinski definition) is 1. The molecule has 3 nitrogen and oxygen atoms in total. The van der Waals surface area contributed by atoms with Crippen molar-refractivity contribution >= 4 is 5.69 Å². The average molecular weight is 265 g/mol. The molecule has 0 aliphatic rings. The fourth-order valence-corrected chi connectivity index (χ4v) is 0.976. The molecule has 0 saturated heterocycles. The topological polar surface area (TPSA) is 43.8 Å². The third-order valence-electron chi connectivity index (χ3n) is 1.83. The zero-order chi connectivity index (χ0) is 13.5. The van der Waals surface area contributed by atoms with E-state index < -0.39 is 24.6 Å². The summed E-state index contributed by atoms with van der Waals surface area (Å²) in [5.74, 6) is -11.5. The standard InChI is InChI=1S/C7H6F7N3/c8-5(9,6(10,11)7(12,13)14)3-17-2-4(15)1-16-17/h1-2H,3,15H2. The van der Waals surface area contributed by atoms with Crippen molar-refractivity contribution in [3.63, 3.8) is 0 Å². The maximum atomic E-state index is 12.8. The summed E-state index contributed by atoms with van der Waals surface area (Å²) in [7, 11) is 0. The Morgan fingerprint density at radius 3 is 2.00 bits per heavy atom. The average Bonchev–Trinajstić information content (AvgIpc) is 2.47. The van der Waals surface area contributed by atoms with E-state index in [0.717, 1.165) is 12.4 Å². The molecule has 1 heterocycles. The highest BCUT2D eigenvalue weighted by Crippen LogP contribution is 2.47. The van der Waals surface area contributed by atoms with Gasteiger partial charge in [-0.15, -0.1) is 0 Å². The number of alkyl halides is 7. The third kappa shape index (κ3) is 2.44. The second-order valence-electron chi connectivity index (χ2n) is 3.25. The fourth-order valence-electron chi connectivity index (χ4n) is 0.976. The van der Waals surface area contributed by atoms with Crippen LogP contribution in [0.4, 0.5) is 36.4 Å². The van der Waals surface area contributed by atoms with E-state index in [1.54, 1.807) is 0 Å². The van der Waals surface area contributed by atoms with Gasteiger partial charge in [0.2, 0.25) is 0 Å². The molecule has 2 N–H and O–H groups in total. The molecule has 98 valence electrons. The predicted molar refractivity (Wildman–Crippen MR) is 42.6 cm³/mol. The van der Waals surface area contributed by atoms with Gasteiger partial charge >= 0.3 is 18.0 Å². The number of aromatic nitrogens is 2. The Hall–Kier alpha value is -1.48. The highest BCUT2D eigenvalue weighted by Gasteiger charge is 2.73. The van der Waals surface area contributed by atoms with Crippen LogP contribution < -0.4 is 5.73 Å². The monoisotopic (exact) mass is 265 g/mol. The smallest absolute Gasteiger partial charge is 0.396 e. The molecule has 1 rings (SSSR count). The normalized spacial score (nSPS) is 14.1. The number of nitrogens with two attached hydrogens (primary N) is 1. The largest absolute Gasteiger partial charge is 0.459 e. The number of rotatable bonds is 3. The van der Waals surface area contributed by atoms with Crippen molar-refractivity contribution in [2.24, 2.45) is 0 Å². The van der Waals surface area contributed by atoms with E-state index in [-0.39, 0.29) is 10.4 Å². The van der Waals surface area contributed by atoms with Crippen molar-refractivity contribution < 1.29 is 30.7 Å². The Labute approximate surface area is 90.0 Å². The molecule has 0 aromatic carbocycles. The molecule has 0 bridgehead atoms. The Balaban J connectivity index is 2.95. The number of anilines is 1. The summed E-state index contributed by atoms with van der Waals surface area (Å²) in [6.45, 7) is -1.92. The van der Waals surface area contributed by atoms with Gasteiger partial charge in [-0.1, -0.05) is 0 Å². The lowest BCUT2D eigenvalue weighted by Gasteiger charge is -2.27. The molecular weight excluding hydrogens is 259 g/mol. The van der Waals surface area contributed by atoms with E-state index in [2.05, 4.69) is 5.10 Å². The zero-order valence-electron chi connectivity index (χ0n) is 7.98. The first-order valence-corrected chi connectivity index (χ1v) is 4.08. The molecule has 0 spiro atoms. The highest BCUT2D eigenvalue weighted by molar-refractivity contribution is 5.30. The summed E-state index contributed by atoms with van der Waals surface area (Å²) in [5.41, 5.74) is 4.93. The molecular formula is C7H6F7N3. The molecule has 0 aliphatic heterocycles. The Morgan fingerprint density at radius 1 is 1.12 bits per heavy atom. The van der Waals surface area contributed by atoms with Crippen LogP contribution in [0.15, 0.2) is 12.4 Å². The summed E-state index contributed by atoms with van der Waals surface area (Å²) in [6.07, 6.45) is -4.77. The van der Waals surface area contributed by atoms with Gasteiger partial charge in [-0.3, -0.25) is 4.68 Å². The maximum absolute atomic E-state index is 12.8. The Bertz CT molecular complexity index is 394. The van der Waals surface area contributed by atoms with Crippen molar-refractivity contribution in [1.29, 1.82) is 0 Å². The van der Waals surface area contributed by atoms with Crippen LogP contribution in [-0.2, 0) is 6.54 Å². The van der Waals surface area contributed by atoms with Gasteiger partial charge in [0.05, 0.1) is 11.9 Å². The minimum atomic E-state index is -6.34. The Kier molecular flexibility index (Phi) is 3.02. The van der Waals surface area contributed by atoms with E-state index in [0.29, 0.717) is 0 Å². The summed E-state index contributed by atoms with van der Waals surface area (Å²) in [5, 5.41) is 3.11. The summed E-state index contributed by atoms with van der Waals surface area (Å²) in [4.78, 5) is 0. The van der Waals surface area contributed by atoms with Gasteiger partial charge in [-0.2, -0.15) is 35.8 Å². The lowest BCUT2D eigenvalue weighted by atomic mass is 10.1. The maximum Gasteiger partial charge on any atom is 0.459 e. The van der Waals surface area contributed by atoms with Crippen LogP contribution in [0.1, 0.15) is 0 Å². The molecule has 0 fully saturated rings.